The topological polar surface area (TPSA) is 26.3 Å². The Morgan fingerprint density at radius 2 is 1.67 bits per heavy atom. The van der Waals surface area contributed by atoms with E-state index in [0.717, 1.165) is 0 Å². The molecule has 0 atom stereocenters. The van der Waals surface area contributed by atoms with Crippen molar-refractivity contribution in [2.75, 3.05) is 6.61 Å². The third-order valence-corrected chi connectivity index (χ3v) is 1.32. The van der Waals surface area contributed by atoms with Crippen LogP contribution in [0.15, 0.2) is 61.2 Å². The van der Waals surface area contributed by atoms with Crippen LogP contribution in [-0.2, 0) is 9.53 Å². The molecule has 1 aromatic rings. The number of rotatable bonds is 3. The van der Waals surface area contributed by atoms with Crippen LogP contribution in [0.1, 0.15) is 6.92 Å². The van der Waals surface area contributed by atoms with E-state index in [1.165, 1.54) is 18.2 Å². The fourth-order valence-electron chi connectivity index (χ4n) is 0.722. The van der Waals surface area contributed by atoms with Crippen LogP contribution < -0.4 is 0 Å². The maximum Gasteiger partial charge on any atom is 0.330 e. The highest BCUT2D eigenvalue weighted by molar-refractivity contribution is 5.82. The van der Waals surface area contributed by atoms with Gasteiger partial charge in [-0.05, 0) is 6.92 Å². The monoisotopic (exact) mass is 204 g/mol. The summed E-state index contributed by atoms with van der Waals surface area (Å²) in [7, 11) is 0. The number of carbonyl (C=O) groups is 1. The smallest absolute Gasteiger partial charge is 0.330 e. The van der Waals surface area contributed by atoms with E-state index >= 15 is 0 Å². The van der Waals surface area contributed by atoms with Crippen molar-refractivity contribution in [1.82, 2.24) is 0 Å². The van der Waals surface area contributed by atoms with Gasteiger partial charge in [0.25, 0.3) is 0 Å². The van der Waals surface area contributed by atoms with E-state index in [4.69, 9.17) is 0 Å². The molecule has 0 aliphatic rings. The SMILES string of the molecule is C=CC=CC(=O)OCC.c1ccccc1. The molecule has 0 amide bonds. The van der Waals surface area contributed by atoms with Gasteiger partial charge in [0, 0.05) is 6.08 Å². The van der Waals surface area contributed by atoms with Gasteiger partial charge in [-0.25, -0.2) is 4.79 Å². The molecule has 0 unspecified atom stereocenters. The van der Waals surface area contributed by atoms with Gasteiger partial charge >= 0.3 is 5.97 Å². The minimum Gasteiger partial charge on any atom is -0.463 e. The van der Waals surface area contributed by atoms with Crippen LogP contribution >= 0.6 is 0 Å². The fourth-order valence-corrected chi connectivity index (χ4v) is 0.722. The maximum absolute atomic E-state index is 10.4. The average Bonchev–Trinajstić information content (AvgIpc) is 2.30. The van der Waals surface area contributed by atoms with Crippen molar-refractivity contribution >= 4 is 5.97 Å². The molecule has 2 nitrogen and oxygen atoms in total. The van der Waals surface area contributed by atoms with Gasteiger partial charge in [0.2, 0.25) is 0 Å². The predicted octanol–water partition coefficient (Wildman–Crippen LogP) is 2.98. The summed E-state index contributed by atoms with van der Waals surface area (Å²) >= 11 is 0. The van der Waals surface area contributed by atoms with Gasteiger partial charge in [-0.1, -0.05) is 55.1 Å². The number of benzene rings is 1. The Kier molecular flexibility index (Phi) is 9.00. The molecule has 0 saturated heterocycles. The Hall–Kier alpha value is -1.83. The van der Waals surface area contributed by atoms with Gasteiger partial charge in [0.05, 0.1) is 6.61 Å². The van der Waals surface area contributed by atoms with Gasteiger partial charge in [-0.3, -0.25) is 0 Å². The van der Waals surface area contributed by atoms with Gasteiger partial charge in [0.15, 0.2) is 0 Å². The lowest BCUT2D eigenvalue weighted by Gasteiger charge is -1.91. The maximum atomic E-state index is 10.4. The zero-order valence-corrected chi connectivity index (χ0v) is 8.93. The lowest BCUT2D eigenvalue weighted by atomic mass is 10.4. The molecule has 0 spiro atoms. The minimum atomic E-state index is -0.322. The molecule has 0 fully saturated rings. The molecule has 0 radical (unpaired) electrons. The average molecular weight is 204 g/mol. The fraction of sp³-hybridized carbons (Fsp3) is 0.154. The summed E-state index contributed by atoms with van der Waals surface area (Å²) in [5.41, 5.74) is 0. The van der Waals surface area contributed by atoms with Gasteiger partial charge in [0.1, 0.15) is 0 Å². The van der Waals surface area contributed by atoms with Gasteiger partial charge in [-0.15, -0.1) is 0 Å². The Morgan fingerprint density at radius 3 is 2.00 bits per heavy atom. The Balaban J connectivity index is 0.000000280. The summed E-state index contributed by atoms with van der Waals surface area (Å²) in [5, 5.41) is 0. The molecule has 1 rings (SSSR count). The van der Waals surface area contributed by atoms with E-state index < -0.39 is 0 Å². The molecular formula is C13H16O2. The van der Waals surface area contributed by atoms with E-state index in [0.29, 0.717) is 6.61 Å². The molecule has 0 saturated carbocycles. The van der Waals surface area contributed by atoms with Crippen LogP contribution in [0.3, 0.4) is 0 Å². The van der Waals surface area contributed by atoms with Crippen molar-refractivity contribution < 1.29 is 9.53 Å². The van der Waals surface area contributed by atoms with Crippen molar-refractivity contribution in [2.24, 2.45) is 0 Å². The number of carbonyl (C=O) groups excluding carboxylic acids is 1. The second-order valence-corrected chi connectivity index (χ2v) is 2.50. The lowest BCUT2D eigenvalue weighted by molar-refractivity contribution is -0.137. The predicted molar refractivity (Wildman–Crippen MR) is 62.4 cm³/mol. The Bertz CT molecular complexity index is 262. The molecular weight excluding hydrogens is 188 g/mol. The van der Waals surface area contributed by atoms with Crippen molar-refractivity contribution in [3.05, 3.63) is 61.2 Å². The van der Waals surface area contributed by atoms with E-state index in [9.17, 15) is 4.79 Å². The highest BCUT2D eigenvalue weighted by atomic mass is 16.5. The van der Waals surface area contributed by atoms with Crippen LogP contribution in [0.4, 0.5) is 0 Å². The minimum absolute atomic E-state index is 0.322. The number of allylic oxidation sites excluding steroid dienone is 2. The second kappa shape index (κ2) is 10.3. The summed E-state index contributed by atoms with van der Waals surface area (Å²) in [6.45, 7) is 5.58. The van der Waals surface area contributed by atoms with E-state index in [2.05, 4.69) is 11.3 Å². The van der Waals surface area contributed by atoms with Crippen molar-refractivity contribution in [2.45, 2.75) is 6.92 Å². The van der Waals surface area contributed by atoms with Crippen molar-refractivity contribution in [3.8, 4) is 0 Å². The Morgan fingerprint density at radius 1 is 1.20 bits per heavy atom. The second-order valence-electron chi connectivity index (χ2n) is 2.50. The summed E-state index contributed by atoms with van der Waals surface area (Å²) in [6.07, 6.45) is 4.39. The molecule has 0 N–H and O–H groups in total. The summed E-state index contributed by atoms with van der Waals surface area (Å²) in [4.78, 5) is 10.4. The molecule has 0 heterocycles. The summed E-state index contributed by atoms with van der Waals surface area (Å²) in [5.74, 6) is -0.322. The Labute approximate surface area is 90.9 Å². The first-order valence-corrected chi connectivity index (χ1v) is 4.77. The molecule has 0 aliphatic carbocycles. The number of ether oxygens (including phenoxy) is 1. The van der Waals surface area contributed by atoms with Gasteiger partial charge in [-0.2, -0.15) is 0 Å². The summed E-state index contributed by atoms with van der Waals surface area (Å²) in [6, 6.07) is 12.0. The first kappa shape index (κ1) is 13.2. The van der Waals surface area contributed by atoms with Crippen LogP contribution in [0.25, 0.3) is 0 Å². The molecule has 0 aromatic heterocycles. The van der Waals surface area contributed by atoms with Crippen LogP contribution in [0.2, 0.25) is 0 Å². The third-order valence-electron chi connectivity index (χ3n) is 1.32. The largest absolute Gasteiger partial charge is 0.463 e. The van der Waals surface area contributed by atoms with Crippen LogP contribution in [0.5, 0.6) is 0 Å². The van der Waals surface area contributed by atoms with Crippen molar-refractivity contribution in [1.29, 1.82) is 0 Å². The van der Waals surface area contributed by atoms with E-state index in [-0.39, 0.29) is 5.97 Å². The summed E-state index contributed by atoms with van der Waals surface area (Å²) < 4.78 is 4.57. The number of esters is 1. The quantitative estimate of drug-likeness (QED) is 0.430. The highest BCUT2D eigenvalue weighted by Gasteiger charge is 1.88. The zero-order chi connectivity index (χ0) is 11.4. The first-order valence-electron chi connectivity index (χ1n) is 4.77. The molecule has 0 bridgehead atoms. The third kappa shape index (κ3) is 10.1. The highest BCUT2D eigenvalue weighted by Crippen LogP contribution is 1.80. The van der Waals surface area contributed by atoms with E-state index in [1.807, 2.05) is 36.4 Å². The zero-order valence-electron chi connectivity index (χ0n) is 8.93. The molecule has 1 aromatic carbocycles. The van der Waals surface area contributed by atoms with Crippen LogP contribution in [-0.4, -0.2) is 12.6 Å². The molecule has 2 heteroatoms. The van der Waals surface area contributed by atoms with E-state index in [1.54, 1.807) is 6.92 Å². The van der Waals surface area contributed by atoms with Crippen molar-refractivity contribution in [3.63, 3.8) is 0 Å². The molecule has 15 heavy (non-hydrogen) atoms. The normalized spacial score (nSPS) is 8.87. The van der Waals surface area contributed by atoms with Gasteiger partial charge < -0.3 is 4.74 Å². The first-order chi connectivity index (χ1) is 7.31. The molecule has 80 valence electrons. The van der Waals surface area contributed by atoms with Crippen LogP contribution in [0, 0.1) is 0 Å². The lowest BCUT2D eigenvalue weighted by Crippen LogP contribution is -1.98. The molecule has 0 aliphatic heterocycles. The number of hydrogen-bond acceptors (Lipinski definition) is 2. The standard InChI is InChI=1S/C7H10O2.C6H6/c1-3-5-6-7(8)9-4-2;1-2-4-6-5-3-1/h3,5-6H,1,4H2,2H3;1-6H. The number of hydrogen-bond donors (Lipinski definition) is 0.